The smallest absolute Gasteiger partial charge is 0.274 e. The number of carbonyl (C=O) groups excluding carboxylic acids is 1. The van der Waals surface area contributed by atoms with E-state index in [2.05, 4.69) is 17.3 Å². The number of benzene rings is 1. The Balaban J connectivity index is 0.000000159. The van der Waals surface area contributed by atoms with Gasteiger partial charge in [-0.25, -0.2) is 9.87 Å². The molecule has 0 bridgehead atoms. The van der Waals surface area contributed by atoms with E-state index in [-0.39, 0.29) is 5.56 Å². The quantitative estimate of drug-likeness (QED) is 0.543. The van der Waals surface area contributed by atoms with Crippen LogP contribution in [-0.4, -0.2) is 42.7 Å². The molecule has 24 heavy (non-hydrogen) atoms. The third-order valence-electron chi connectivity index (χ3n) is 5.57. The Kier molecular flexibility index (Phi) is 5.18. The van der Waals surface area contributed by atoms with E-state index in [1.807, 2.05) is 0 Å². The number of hydroxylamine groups is 1. The molecule has 1 aromatic rings. The van der Waals surface area contributed by atoms with Gasteiger partial charge in [0.1, 0.15) is 5.82 Å². The highest BCUT2D eigenvalue weighted by atomic mass is 19.1. The van der Waals surface area contributed by atoms with Crippen molar-refractivity contribution in [3.63, 3.8) is 0 Å². The predicted molar refractivity (Wildman–Crippen MR) is 89.5 cm³/mol. The van der Waals surface area contributed by atoms with E-state index in [1.54, 1.807) is 6.07 Å². The van der Waals surface area contributed by atoms with Gasteiger partial charge in [-0.15, -0.1) is 0 Å². The molecule has 1 saturated carbocycles. The molecule has 3 N–H and O–H groups in total. The second-order valence-corrected chi connectivity index (χ2v) is 7.30. The van der Waals surface area contributed by atoms with Gasteiger partial charge in [0.25, 0.3) is 5.91 Å². The van der Waals surface area contributed by atoms with E-state index >= 15 is 0 Å². The Morgan fingerprint density at radius 2 is 2.17 bits per heavy atom. The van der Waals surface area contributed by atoms with Crippen molar-refractivity contribution in [1.82, 2.24) is 15.7 Å². The molecule has 1 saturated heterocycles. The standard InChI is InChI=1S/C10H11FN2O2.C8H15N/c11-9-4-7(10(14)13-15)3-6-1-2-12-5-8(6)9;1-9-6-5-8(7-9)3-2-4-8/h3-4,12,15H,1-2,5H2,(H,13,14);2-7H2,1H3. The van der Waals surface area contributed by atoms with E-state index in [0.29, 0.717) is 18.5 Å². The highest BCUT2D eigenvalue weighted by Gasteiger charge is 2.41. The number of fused-ring (bicyclic) bond motifs is 1. The Bertz CT molecular complexity index is 617. The van der Waals surface area contributed by atoms with Crippen molar-refractivity contribution in [2.45, 2.75) is 38.6 Å². The summed E-state index contributed by atoms with van der Waals surface area (Å²) in [5.41, 5.74) is 3.89. The second kappa shape index (κ2) is 7.17. The number of hydrogen-bond donors (Lipinski definition) is 3. The molecule has 3 aliphatic rings. The lowest BCUT2D eigenvalue weighted by Gasteiger charge is -2.37. The third kappa shape index (κ3) is 3.61. The summed E-state index contributed by atoms with van der Waals surface area (Å²) >= 11 is 0. The van der Waals surface area contributed by atoms with E-state index in [9.17, 15) is 9.18 Å². The van der Waals surface area contributed by atoms with Gasteiger partial charge in [0, 0.05) is 24.2 Å². The maximum Gasteiger partial charge on any atom is 0.274 e. The molecular formula is C18H26FN3O2. The van der Waals surface area contributed by atoms with Crippen molar-refractivity contribution in [2.75, 3.05) is 26.7 Å². The average Bonchev–Trinajstić information content (AvgIpc) is 2.97. The van der Waals surface area contributed by atoms with E-state index in [1.165, 1.54) is 44.3 Å². The topological polar surface area (TPSA) is 64.6 Å². The van der Waals surface area contributed by atoms with Gasteiger partial charge < -0.3 is 10.2 Å². The summed E-state index contributed by atoms with van der Waals surface area (Å²) in [5, 5.41) is 11.5. The Morgan fingerprint density at radius 1 is 1.38 bits per heavy atom. The fourth-order valence-corrected chi connectivity index (χ4v) is 3.99. The fourth-order valence-electron chi connectivity index (χ4n) is 3.99. The lowest BCUT2D eigenvalue weighted by atomic mass is 9.68. The number of likely N-dealkylation sites (tertiary alicyclic amines) is 1. The number of carbonyl (C=O) groups is 1. The summed E-state index contributed by atoms with van der Waals surface area (Å²) in [7, 11) is 2.24. The van der Waals surface area contributed by atoms with Crippen LogP contribution in [0.2, 0.25) is 0 Å². The summed E-state index contributed by atoms with van der Waals surface area (Å²) < 4.78 is 13.5. The van der Waals surface area contributed by atoms with Gasteiger partial charge >= 0.3 is 0 Å². The molecule has 1 amide bonds. The number of hydrogen-bond acceptors (Lipinski definition) is 4. The first-order valence-corrected chi connectivity index (χ1v) is 8.68. The lowest BCUT2D eigenvalue weighted by Crippen LogP contribution is -2.31. The first kappa shape index (κ1) is 17.3. The third-order valence-corrected chi connectivity index (χ3v) is 5.57. The van der Waals surface area contributed by atoms with Crippen LogP contribution in [0.5, 0.6) is 0 Å². The monoisotopic (exact) mass is 335 g/mol. The molecule has 1 aromatic carbocycles. The number of nitrogens with one attached hydrogen (secondary N) is 2. The summed E-state index contributed by atoms with van der Waals surface area (Å²) in [4.78, 5) is 13.6. The van der Waals surface area contributed by atoms with Gasteiger partial charge in [0.2, 0.25) is 0 Å². The van der Waals surface area contributed by atoms with Crippen LogP contribution in [0.3, 0.4) is 0 Å². The molecule has 4 rings (SSSR count). The molecule has 0 radical (unpaired) electrons. The molecule has 2 fully saturated rings. The van der Waals surface area contributed by atoms with Crippen molar-refractivity contribution in [3.8, 4) is 0 Å². The highest BCUT2D eigenvalue weighted by Crippen LogP contribution is 2.47. The number of rotatable bonds is 1. The minimum Gasteiger partial charge on any atom is -0.312 e. The zero-order valence-electron chi connectivity index (χ0n) is 14.2. The van der Waals surface area contributed by atoms with Gasteiger partial charge in [-0.3, -0.25) is 10.0 Å². The molecule has 1 aliphatic carbocycles. The summed E-state index contributed by atoms with van der Waals surface area (Å²) in [5.74, 6) is -1.09. The molecule has 132 valence electrons. The number of nitrogens with zero attached hydrogens (tertiary/aromatic N) is 1. The van der Waals surface area contributed by atoms with Crippen LogP contribution in [0.15, 0.2) is 12.1 Å². The molecule has 2 heterocycles. The van der Waals surface area contributed by atoms with Crippen LogP contribution in [0.4, 0.5) is 4.39 Å². The van der Waals surface area contributed by atoms with E-state index in [4.69, 9.17) is 5.21 Å². The largest absolute Gasteiger partial charge is 0.312 e. The summed E-state index contributed by atoms with van der Waals surface area (Å²) in [6.07, 6.45) is 6.69. The van der Waals surface area contributed by atoms with E-state index < -0.39 is 11.7 Å². The zero-order chi connectivity index (χ0) is 17.2. The maximum absolute atomic E-state index is 13.5. The zero-order valence-corrected chi connectivity index (χ0v) is 14.2. The number of halogens is 1. The van der Waals surface area contributed by atoms with Gasteiger partial charge in [-0.05, 0) is 68.9 Å². The van der Waals surface area contributed by atoms with Crippen LogP contribution in [0, 0.1) is 11.2 Å². The second-order valence-electron chi connectivity index (χ2n) is 7.30. The molecule has 0 atom stereocenters. The van der Waals surface area contributed by atoms with Crippen LogP contribution in [-0.2, 0) is 13.0 Å². The molecule has 1 spiro atoms. The molecule has 0 aromatic heterocycles. The SMILES string of the molecule is CN1CCC2(CCC2)C1.O=C(NO)c1cc(F)c2c(c1)CCNC2. The van der Waals surface area contributed by atoms with Crippen molar-refractivity contribution < 1.29 is 14.4 Å². The normalized spacial score (nSPS) is 21.5. The van der Waals surface area contributed by atoms with E-state index in [0.717, 1.165) is 23.6 Å². The van der Waals surface area contributed by atoms with Gasteiger partial charge in [0.15, 0.2) is 0 Å². The molecule has 2 aliphatic heterocycles. The Morgan fingerprint density at radius 3 is 2.71 bits per heavy atom. The van der Waals surface area contributed by atoms with Gasteiger partial charge in [0.05, 0.1) is 0 Å². The van der Waals surface area contributed by atoms with Gasteiger partial charge in [-0.1, -0.05) is 6.42 Å². The van der Waals surface area contributed by atoms with Crippen molar-refractivity contribution >= 4 is 5.91 Å². The van der Waals surface area contributed by atoms with Gasteiger partial charge in [-0.2, -0.15) is 0 Å². The van der Waals surface area contributed by atoms with Crippen molar-refractivity contribution in [2.24, 2.45) is 5.41 Å². The van der Waals surface area contributed by atoms with Crippen LogP contribution in [0.25, 0.3) is 0 Å². The Hall–Kier alpha value is -1.50. The fraction of sp³-hybridized carbons (Fsp3) is 0.611. The molecule has 6 heteroatoms. The first-order valence-electron chi connectivity index (χ1n) is 8.68. The molecule has 5 nitrogen and oxygen atoms in total. The van der Waals surface area contributed by atoms with Crippen molar-refractivity contribution in [3.05, 3.63) is 34.6 Å². The minimum atomic E-state index is -0.685. The predicted octanol–water partition coefficient (Wildman–Crippen LogP) is 2.08. The van der Waals surface area contributed by atoms with Crippen LogP contribution < -0.4 is 10.8 Å². The lowest BCUT2D eigenvalue weighted by molar-refractivity contribution is 0.0705. The minimum absolute atomic E-state index is 0.149. The van der Waals surface area contributed by atoms with Crippen molar-refractivity contribution in [1.29, 1.82) is 0 Å². The summed E-state index contributed by atoms with van der Waals surface area (Å²) in [6.45, 7) is 3.99. The van der Waals surface area contributed by atoms with Crippen LogP contribution >= 0.6 is 0 Å². The highest BCUT2D eigenvalue weighted by molar-refractivity contribution is 5.93. The number of amides is 1. The molecule has 0 unspecified atom stereocenters. The maximum atomic E-state index is 13.5. The first-order chi connectivity index (χ1) is 11.5. The summed E-state index contributed by atoms with van der Waals surface area (Å²) in [6, 6.07) is 2.75. The molecular weight excluding hydrogens is 309 g/mol. The average molecular weight is 335 g/mol. The Labute approximate surface area is 142 Å². The van der Waals surface area contributed by atoms with Crippen LogP contribution in [0.1, 0.15) is 47.2 Å².